The smallest absolute Gasteiger partial charge is 0.244 e. The van der Waals surface area contributed by atoms with Gasteiger partial charge in [0.05, 0.1) is 5.56 Å². The van der Waals surface area contributed by atoms with Gasteiger partial charge in [-0.1, -0.05) is 6.07 Å². The number of benzene rings is 1. The van der Waals surface area contributed by atoms with Gasteiger partial charge in [-0.05, 0) is 37.1 Å². The zero-order valence-electron chi connectivity index (χ0n) is 13.9. The Morgan fingerprint density at radius 2 is 1.81 bits per heavy atom. The van der Waals surface area contributed by atoms with Gasteiger partial charge in [-0.15, -0.1) is 0 Å². The quantitative estimate of drug-likeness (QED) is 0.800. The van der Waals surface area contributed by atoms with Crippen molar-refractivity contribution in [2.24, 2.45) is 0 Å². The van der Waals surface area contributed by atoms with Gasteiger partial charge in [-0.2, -0.15) is 4.31 Å². The summed E-state index contributed by atoms with van der Waals surface area (Å²) in [5.41, 5.74) is -0.423. The Morgan fingerprint density at radius 1 is 1.15 bits per heavy atom. The van der Waals surface area contributed by atoms with Crippen molar-refractivity contribution in [3.63, 3.8) is 0 Å². The SMILES string of the molecule is O=S(=O)(c1ccc(NCC(O)c2c(F)cccc2F)nc1)N1CCCC1. The molecule has 26 heavy (non-hydrogen) atoms. The van der Waals surface area contributed by atoms with Crippen LogP contribution in [0.15, 0.2) is 41.4 Å². The monoisotopic (exact) mass is 383 g/mol. The summed E-state index contributed by atoms with van der Waals surface area (Å²) in [5, 5.41) is 12.7. The Hall–Kier alpha value is -2.10. The molecule has 0 spiro atoms. The van der Waals surface area contributed by atoms with E-state index in [0.717, 1.165) is 25.0 Å². The number of anilines is 1. The van der Waals surface area contributed by atoms with Crippen LogP contribution in [-0.2, 0) is 10.0 Å². The second-order valence-corrected chi connectivity index (χ2v) is 7.96. The fraction of sp³-hybridized carbons (Fsp3) is 0.353. The molecule has 1 saturated heterocycles. The summed E-state index contributed by atoms with van der Waals surface area (Å²) < 4.78 is 53.5. The fourth-order valence-electron chi connectivity index (χ4n) is 2.85. The highest BCUT2D eigenvalue weighted by atomic mass is 32.2. The lowest BCUT2D eigenvalue weighted by molar-refractivity contribution is 0.181. The molecule has 1 aromatic heterocycles. The molecule has 3 rings (SSSR count). The highest BCUT2D eigenvalue weighted by Crippen LogP contribution is 2.23. The third-order valence-electron chi connectivity index (χ3n) is 4.25. The average molecular weight is 383 g/mol. The molecule has 1 aliphatic rings. The maximum atomic E-state index is 13.6. The van der Waals surface area contributed by atoms with Gasteiger partial charge in [0.2, 0.25) is 10.0 Å². The van der Waals surface area contributed by atoms with Crippen molar-refractivity contribution in [1.29, 1.82) is 0 Å². The van der Waals surface area contributed by atoms with E-state index in [1.54, 1.807) is 0 Å². The highest BCUT2D eigenvalue weighted by molar-refractivity contribution is 7.89. The summed E-state index contributed by atoms with van der Waals surface area (Å²) in [7, 11) is -3.55. The van der Waals surface area contributed by atoms with Crippen molar-refractivity contribution in [1.82, 2.24) is 9.29 Å². The van der Waals surface area contributed by atoms with Crippen LogP contribution >= 0.6 is 0 Å². The molecule has 0 saturated carbocycles. The summed E-state index contributed by atoms with van der Waals surface area (Å²) in [6, 6.07) is 6.22. The third kappa shape index (κ3) is 3.84. The lowest BCUT2D eigenvalue weighted by atomic mass is 10.1. The van der Waals surface area contributed by atoms with Crippen LogP contribution < -0.4 is 5.32 Å². The summed E-state index contributed by atoms with van der Waals surface area (Å²) in [5.74, 6) is -1.38. The van der Waals surface area contributed by atoms with Gasteiger partial charge in [0.25, 0.3) is 0 Å². The van der Waals surface area contributed by atoms with Gasteiger partial charge < -0.3 is 10.4 Å². The normalized spacial score (nSPS) is 16.6. The Bertz CT molecular complexity index is 849. The molecule has 0 amide bonds. The molecular formula is C17H19F2N3O3S. The van der Waals surface area contributed by atoms with Crippen LogP contribution in [0.5, 0.6) is 0 Å². The molecule has 0 radical (unpaired) electrons. The van der Waals surface area contributed by atoms with E-state index in [9.17, 15) is 22.3 Å². The predicted molar refractivity (Wildman–Crippen MR) is 92.0 cm³/mol. The molecule has 2 heterocycles. The van der Waals surface area contributed by atoms with Crippen LogP contribution in [0.2, 0.25) is 0 Å². The number of hydrogen-bond acceptors (Lipinski definition) is 5. The van der Waals surface area contributed by atoms with Crippen molar-refractivity contribution in [2.45, 2.75) is 23.8 Å². The number of aliphatic hydroxyl groups is 1. The third-order valence-corrected chi connectivity index (χ3v) is 6.13. The first-order chi connectivity index (χ1) is 12.4. The zero-order valence-corrected chi connectivity index (χ0v) is 14.7. The average Bonchev–Trinajstić information content (AvgIpc) is 3.16. The number of nitrogens with one attached hydrogen (secondary N) is 1. The molecule has 140 valence electrons. The molecule has 0 aliphatic carbocycles. The van der Waals surface area contributed by atoms with Gasteiger partial charge in [0, 0.05) is 25.8 Å². The van der Waals surface area contributed by atoms with E-state index in [1.807, 2.05) is 0 Å². The van der Waals surface area contributed by atoms with Crippen molar-refractivity contribution in [2.75, 3.05) is 25.0 Å². The maximum absolute atomic E-state index is 13.6. The zero-order chi connectivity index (χ0) is 18.7. The molecule has 0 bridgehead atoms. The van der Waals surface area contributed by atoms with Crippen LogP contribution in [0.1, 0.15) is 24.5 Å². The molecule has 1 unspecified atom stereocenters. The van der Waals surface area contributed by atoms with Crippen molar-refractivity contribution < 1.29 is 22.3 Å². The number of aliphatic hydroxyl groups excluding tert-OH is 1. The Kier molecular flexibility index (Phi) is 5.49. The minimum atomic E-state index is -3.55. The van der Waals surface area contributed by atoms with E-state index in [0.29, 0.717) is 18.9 Å². The molecule has 1 atom stereocenters. The number of nitrogens with zero attached hydrogens (tertiary/aromatic N) is 2. The van der Waals surface area contributed by atoms with Gasteiger partial charge >= 0.3 is 0 Å². The standard InChI is InChI=1S/C17H19F2N3O3S/c18-13-4-3-5-14(19)17(13)15(23)11-21-16-7-6-12(10-20-16)26(24,25)22-8-1-2-9-22/h3-7,10,15,23H,1-2,8-9,11H2,(H,20,21). The van der Waals surface area contributed by atoms with Gasteiger partial charge in [-0.3, -0.25) is 0 Å². The molecule has 2 N–H and O–H groups in total. The Labute approximate surface area is 150 Å². The molecule has 1 fully saturated rings. The predicted octanol–water partition coefficient (Wildman–Crippen LogP) is 2.29. The van der Waals surface area contributed by atoms with E-state index in [-0.39, 0.29) is 11.4 Å². The maximum Gasteiger partial charge on any atom is 0.244 e. The Morgan fingerprint density at radius 3 is 2.38 bits per heavy atom. The molecule has 9 heteroatoms. The summed E-state index contributed by atoms with van der Waals surface area (Å²) in [6.07, 6.45) is 1.51. The van der Waals surface area contributed by atoms with Crippen LogP contribution in [0, 0.1) is 11.6 Å². The lowest BCUT2D eigenvalue weighted by Crippen LogP contribution is -2.28. The summed E-state index contributed by atoms with van der Waals surface area (Å²) in [4.78, 5) is 4.10. The van der Waals surface area contributed by atoms with Crippen LogP contribution in [0.4, 0.5) is 14.6 Å². The molecular weight excluding hydrogens is 364 g/mol. The summed E-state index contributed by atoms with van der Waals surface area (Å²) in [6.45, 7) is 0.828. The Balaban J connectivity index is 1.66. The number of hydrogen-bond donors (Lipinski definition) is 2. The molecule has 6 nitrogen and oxygen atoms in total. The van der Waals surface area contributed by atoms with Crippen molar-refractivity contribution in [3.8, 4) is 0 Å². The van der Waals surface area contributed by atoms with E-state index < -0.39 is 33.3 Å². The van der Waals surface area contributed by atoms with Gasteiger partial charge in [-0.25, -0.2) is 22.2 Å². The summed E-state index contributed by atoms with van der Waals surface area (Å²) >= 11 is 0. The fourth-order valence-corrected chi connectivity index (χ4v) is 4.31. The van der Waals surface area contributed by atoms with E-state index in [1.165, 1.54) is 28.7 Å². The first-order valence-corrected chi connectivity index (χ1v) is 9.65. The first-order valence-electron chi connectivity index (χ1n) is 8.21. The number of halogens is 2. The number of pyridine rings is 1. The second-order valence-electron chi connectivity index (χ2n) is 6.02. The van der Waals surface area contributed by atoms with Gasteiger partial charge in [0.1, 0.15) is 28.5 Å². The largest absolute Gasteiger partial charge is 0.386 e. The first kappa shape index (κ1) is 18.7. The highest BCUT2D eigenvalue weighted by Gasteiger charge is 2.27. The topological polar surface area (TPSA) is 82.5 Å². The molecule has 1 aromatic carbocycles. The molecule has 1 aliphatic heterocycles. The van der Waals surface area contributed by atoms with E-state index >= 15 is 0 Å². The number of rotatable bonds is 6. The van der Waals surface area contributed by atoms with Gasteiger partial charge in [0.15, 0.2) is 0 Å². The minimum Gasteiger partial charge on any atom is -0.386 e. The number of aromatic nitrogens is 1. The van der Waals surface area contributed by atoms with E-state index in [2.05, 4.69) is 10.3 Å². The van der Waals surface area contributed by atoms with E-state index in [4.69, 9.17) is 0 Å². The number of sulfonamides is 1. The second kappa shape index (κ2) is 7.65. The van der Waals surface area contributed by atoms with Crippen molar-refractivity contribution >= 4 is 15.8 Å². The van der Waals surface area contributed by atoms with Crippen LogP contribution in [0.25, 0.3) is 0 Å². The van der Waals surface area contributed by atoms with Crippen LogP contribution in [-0.4, -0.2) is 42.4 Å². The molecule has 2 aromatic rings. The van der Waals surface area contributed by atoms with Crippen LogP contribution in [0.3, 0.4) is 0 Å². The minimum absolute atomic E-state index is 0.0886. The van der Waals surface area contributed by atoms with Crippen molar-refractivity contribution in [3.05, 3.63) is 53.7 Å². The lowest BCUT2D eigenvalue weighted by Gasteiger charge is -2.16.